The molecule has 5 rings (SSSR count). The molecule has 1 amide bonds. The normalized spacial score (nSPS) is 13.8. The van der Waals surface area contributed by atoms with E-state index in [1.807, 2.05) is 13.8 Å². The highest BCUT2D eigenvalue weighted by Gasteiger charge is 2.31. The molecule has 0 aliphatic carbocycles. The number of halogens is 3. The molecule has 35 heavy (non-hydrogen) atoms. The minimum Gasteiger partial charge on any atom is -0.490 e. The molecule has 4 aromatic rings. The number of aliphatic hydroxyl groups excluding tert-OH is 1. The van der Waals surface area contributed by atoms with Crippen LogP contribution in [0.2, 0.25) is 5.02 Å². The van der Waals surface area contributed by atoms with Crippen LogP contribution >= 0.6 is 11.6 Å². The summed E-state index contributed by atoms with van der Waals surface area (Å²) in [5.74, 6) is -1.37. The van der Waals surface area contributed by atoms with Crippen LogP contribution in [0.15, 0.2) is 42.5 Å². The van der Waals surface area contributed by atoms with Gasteiger partial charge in [-0.15, -0.1) is 0 Å². The van der Waals surface area contributed by atoms with E-state index in [1.54, 1.807) is 9.42 Å². The molecule has 0 fully saturated rings. The molecule has 1 aliphatic heterocycles. The van der Waals surface area contributed by atoms with Gasteiger partial charge in [-0.3, -0.25) is 4.79 Å². The third kappa shape index (κ3) is 4.21. The quantitative estimate of drug-likeness (QED) is 0.437. The summed E-state index contributed by atoms with van der Waals surface area (Å²) in [6, 6.07) is 8.95. The van der Waals surface area contributed by atoms with Crippen LogP contribution in [0.3, 0.4) is 0 Å². The average molecular weight is 499 g/mol. The molecule has 0 bridgehead atoms. The van der Waals surface area contributed by atoms with Gasteiger partial charge < -0.3 is 14.7 Å². The lowest BCUT2D eigenvalue weighted by Crippen LogP contribution is -2.27. The number of carbonyl (C=O) groups is 1. The van der Waals surface area contributed by atoms with Crippen molar-refractivity contribution in [1.82, 2.24) is 19.5 Å². The van der Waals surface area contributed by atoms with E-state index in [2.05, 4.69) is 10.1 Å². The fraction of sp³-hybridized carbons (Fsp3) is 0.240. The van der Waals surface area contributed by atoms with E-state index in [9.17, 15) is 18.7 Å². The van der Waals surface area contributed by atoms with Crippen LogP contribution in [0.4, 0.5) is 8.78 Å². The Labute approximate surface area is 204 Å². The number of aliphatic hydroxyl groups is 1. The number of aromatic nitrogens is 3. The number of aryl methyl sites for hydroxylation is 2. The summed E-state index contributed by atoms with van der Waals surface area (Å²) in [6.45, 7) is 3.96. The number of fused-ring (bicyclic) bond motifs is 3. The summed E-state index contributed by atoms with van der Waals surface area (Å²) >= 11 is 6.30. The first kappa shape index (κ1) is 23.2. The smallest absolute Gasteiger partial charge is 0.258 e. The lowest BCUT2D eigenvalue weighted by atomic mass is 10.1. The Bertz CT molecular complexity index is 1460. The molecule has 1 aliphatic rings. The maximum absolute atomic E-state index is 14.0. The van der Waals surface area contributed by atoms with Crippen molar-refractivity contribution in [3.8, 4) is 5.75 Å². The second kappa shape index (κ2) is 8.90. The molecule has 0 saturated heterocycles. The van der Waals surface area contributed by atoms with E-state index >= 15 is 0 Å². The predicted molar refractivity (Wildman–Crippen MR) is 124 cm³/mol. The minimum absolute atomic E-state index is 0.00605. The lowest BCUT2D eigenvalue weighted by molar-refractivity contribution is 0.0735. The summed E-state index contributed by atoms with van der Waals surface area (Å²) in [5, 5.41) is 15.5. The van der Waals surface area contributed by atoms with Crippen molar-refractivity contribution >= 4 is 23.2 Å². The number of rotatable bonds is 5. The van der Waals surface area contributed by atoms with E-state index in [0.29, 0.717) is 27.6 Å². The molecule has 1 N–H and O–H groups in total. The van der Waals surface area contributed by atoms with Gasteiger partial charge in [0.15, 0.2) is 5.65 Å². The molecule has 2 aromatic heterocycles. The Morgan fingerprint density at radius 1 is 1.14 bits per heavy atom. The molecule has 2 aromatic carbocycles. The second-order valence-corrected chi connectivity index (χ2v) is 8.82. The number of hydrogen-bond acceptors (Lipinski definition) is 5. The van der Waals surface area contributed by atoms with Gasteiger partial charge in [-0.2, -0.15) is 5.10 Å². The highest BCUT2D eigenvalue weighted by Crippen LogP contribution is 2.32. The zero-order valence-electron chi connectivity index (χ0n) is 18.9. The topological polar surface area (TPSA) is 80.0 Å². The van der Waals surface area contributed by atoms with Gasteiger partial charge in [-0.1, -0.05) is 23.7 Å². The molecule has 0 saturated carbocycles. The van der Waals surface area contributed by atoms with Crippen molar-refractivity contribution in [2.45, 2.75) is 33.0 Å². The lowest BCUT2D eigenvalue weighted by Gasteiger charge is -2.19. The van der Waals surface area contributed by atoms with Gasteiger partial charge in [0.25, 0.3) is 5.91 Å². The highest BCUT2D eigenvalue weighted by atomic mass is 35.5. The third-order valence-corrected chi connectivity index (χ3v) is 6.62. The van der Waals surface area contributed by atoms with Crippen molar-refractivity contribution in [2.24, 2.45) is 0 Å². The van der Waals surface area contributed by atoms with Gasteiger partial charge >= 0.3 is 0 Å². The van der Waals surface area contributed by atoms with Crippen LogP contribution in [0, 0.1) is 25.5 Å². The molecule has 0 radical (unpaired) electrons. The van der Waals surface area contributed by atoms with Gasteiger partial charge in [0.05, 0.1) is 40.8 Å². The third-order valence-electron chi connectivity index (χ3n) is 6.07. The monoisotopic (exact) mass is 498 g/mol. The molecule has 1 unspecified atom stereocenters. The van der Waals surface area contributed by atoms with Crippen molar-refractivity contribution in [2.75, 3.05) is 6.61 Å². The molecule has 0 spiro atoms. The fourth-order valence-corrected chi connectivity index (χ4v) is 4.29. The van der Waals surface area contributed by atoms with Gasteiger partial charge in [0, 0.05) is 11.6 Å². The van der Waals surface area contributed by atoms with E-state index < -0.39 is 17.7 Å². The maximum Gasteiger partial charge on any atom is 0.258 e. The molecule has 180 valence electrons. The standard InChI is InChI=1S/C25H21ClF2N4O3/c1-13-23(26)14(2)32-24(29-13)19-10-31(11-20(19)30-32)25(34)18-8-7-17(28)9-22(18)35-12-21(33)15-3-5-16(27)6-4-15/h3-9,21,33H,10-12H2,1-2H3. The van der Waals surface area contributed by atoms with Crippen molar-refractivity contribution in [3.63, 3.8) is 0 Å². The van der Waals surface area contributed by atoms with E-state index in [1.165, 1.54) is 36.4 Å². The number of ether oxygens (including phenoxy) is 1. The van der Waals surface area contributed by atoms with Gasteiger partial charge in [-0.05, 0) is 43.7 Å². The molecule has 10 heteroatoms. The SMILES string of the molecule is Cc1nc2c3c(nn2c(C)c1Cl)CN(C(=O)c1ccc(F)cc1OCC(O)c1ccc(F)cc1)C3. The highest BCUT2D eigenvalue weighted by molar-refractivity contribution is 6.31. The molecule has 7 nitrogen and oxygen atoms in total. The van der Waals surface area contributed by atoms with Crippen LogP contribution in [0.5, 0.6) is 5.75 Å². The summed E-state index contributed by atoms with van der Waals surface area (Å²) in [4.78, 5) is 19.5. The Morgan fingerprint density at radius 3 is 2.60 bits per heavy atom. The molecular formula is C25H21ClF2N4O3. The molecule has 3 heterocycles. The van der Waals surface area contributed by atoms with Gasteiger partial charge in [0.2, 0.25) is 0 Å². The Balaban J connectivity index is 1.37. The number of hydrogen-bond donors (Lipinski definition) is 1. The van der Waals surface area contributed by atoms with Crippen LogP contribution in [0.25, 0.3) is 5.65 Å². The van der Waals surface area contributed by atoms with E-state index in [4.69, 9.17) is 16.3 Å². The summed E-state index contributed by atoms with van der Waals surface area (Å²) < 4.78 is 34.5. The van der Waals surface area contributed by atoms with Crippen molar-refractivity contribution < 1.29 is 23.4 Å². The van der Waals surface area contributed by atoms with Crippen molar-refractivity contribution in [3.05, 3.63) is 92.9 Å². The first-order valence-corrected chi connectivity index (χ1v) is 11.3. The zero-order valence-corrected chi connectivity index (χ0v) is 19.7. The summed E-state index contributed by atoms with van der Waals surface area (Å²) in [6.07, 6.45) is -1.09. The Hall–Kier alpha value is -3.56. The van der Waals surface area contributed by atoms with Crippen LogP contribution < -0.4 is 4.74 Å². The second-order valence-electron chi connectivity index (χ2n) is 8.44. The van der Waals surface area contributed by atoms with Gasteiger partial charge in [0.1, 0.15) is 30.1 Å². The number of nitrogens with zero attached hydrogens (tertiary/aromatic N) is 4. The summed E-state index contributed by atoms with van der Waals surface area (Å²) in [5.41, 5.74) is 4.24. The number of benzene rings is 2. The largest absolute Gasteiger partial charge is 0.490 e. The van der Waals surface area contributed by atoms with Gasteiger partial charge in [-0.25, -0.2) is 18.3 Å². The molecule has 1 atom stereocenters. The zero-order chi connectivity index (χ0) is 24.9. The van der Waals surface area contributed by atoms with Crippen LogP contribution in [-0.2, 0) is 13.1 Å². The predicted octanol–water partition coefficient (Wildman–Crippen LogP) is 4.55. The number of amides is 1. The average Bonchev–Trinajstić information content (AvgIpc) is 3.40. The van der Waals surface area contributed by atoms with Crippen LogP contribution in [-0.4, -0.2) is 37.1 Å². The number of carbonyl (C=O) groups excluding carboxylic acids is 1. The molecular weight excluding hydrogens is 478 g/mol. The first-order chi connectivity index (χ1) is 16.7. The van der Waals surface area contributed by atoms with Crippen molar-refractivity contribution in [1.29, 1.82) is 0 Å². The Morgan fingerprint density at radius 2 is 1.86 bits per heavy atom. The fourth-order valence-electron chi connectivity index (χ4n) is 4.17. The van der Waals surface area contributed by atoms with E-state index in [0.717, 1.165) is 17.3 Å². The minimum atomic E-state index is -1.09. The maximum atomic E-state index is 14.0. The van der Waals surface area contributed by atoms with E-state index in [-0.39, 0.29) is 36.9 Å². The Kier molecular flexibility index (Phi) is 5.90. The van der Waals surface area contributed by atoms with Crippen LogP contribution in [0.1, 0.15) is 44.7 Å². The first-order valence-electron chi connectivity index (χ1n) is 10.9. The summed E-state index contributed by atoms with van der Waals surface area (Å²) in [7, 11) is 0.